The Bertz CT molecular complexity index is 1440. The molecule has 0 radical (unpaired) electrons. The number of aryl methyl sites for hydroxylation is 1. The molecule has 0 unspecified atom stereocenters. The maximum atomic E-state index is 14.2. The molecule has 2 fully saturated rings. The number of anilines is 2. The van der Waals surface area contributed by atoms with Crippen LogP contribution in [0.3, 0.4) is 0 Å². The van der Waals surface area contributed by atoms with E-state index in [0.717, 1.165) is 48.4 Å². The first-order valence-electron chi connectivity index (χ1n) is 16.2. The molecule has 1 N–H and O–H groups in total. The van der Waals surface area contributed by atoms with Crippen molar-refractivity contribution in [3.63, 3.8) is 0 Å². The molecule has 240 valence electrons. The van der Waals surface area contributed by atoms with E-state index >= 15 is 0 Å². The first-order valence-corrected chi connectivity index (χ1v) is 16.2. The lowest BCUT2D eigenvalue weighted by Crippen LogP contribution is -2.42. The second-order valence-electron chi connectivity index (χ2n) is 12.7. The summed E-state index contributed by atoms with van der Waals surface area (Å²) in [4.78, 5) is 39.2. The molecule has 0 aliphatic heterocycles. The minimum absolute atomic E-state index is 0.118. The number of benzene rings is 1. The lowest BCUT2D eigenvalue weighted by atomic mass is 9.78. The predicted molar refractivity (Wildman–Crippen MR) is 178 cm³/mol. The van der Waals surface area contributed by atoms with Gasteiger partial charge in [-0.1, -0.05) is 12.1 Å². The van der Waals surface area contributed by atoms with Gasteiger partial charge in [-0.25, -0.2) is 14.8 Å². The maximum absolute atomic E-state index is 14.2. The van der Waals surface area contributed by atoms with E-state index in [1.807, 2.05) is 48.3 Å². The van der Waals surface area contributed by atoms with Gasteiger partial charge < -0.3 is 19.7 Å². The summed E-state index contributed by atoms with van der Waals surface area (Å²) in [6, 6.07) is 14.6. The van der Waals surface area contributed by atoms with E-state index in [0.29, 0.717) is 49.9 Å². The van der Waals surface area contributed by atoms with Gasteiger partial charge in [0.1, 0.15) is 23.5 Å². The van der Waals surface area contributed by atoms with E-state index in [4.69, 9.17) is 14.5 Å². The average molecular weight is 614 g/mol. The molecule has 2 aromatic heterocycles. The highest BCUT2D eigenvalue weighted by Crippen LogP contribution is 2.39. The summed E-state index contributed by atoms with van der Waals surface area (Å²) in [6.45, 7) is 2.75. The fourth-order valence-corrected chi connectivity index (χ4v) is 6.81. The highest BCUT2D eigenvalue weighted by atomic mass is 16.6. The number of nitrogens with one attached hydrogen (secondary N) is 1. The van der Waals surface area contributed by atoms with Crippen LogP contribution in [0, 0.1) is 18.8 Å². The predicted octanol–water partition coefficient (Wildman–Crippen LogP) is 6.75. The SMILES string of the molecule is CNC(=O)O[C@H]1CC[C@H](C(=O)N(C[C@H]2CC[C@H](c3ccc(OC)c(C)c3)CC2)c2cc(-c3ccc(N(C)C)nc3)ccn2)CC1. The van der Waals surface area contributed by atoms with Crippen molar-refractivity contribution in [2.24, 2.45) is 11.8 Å². The smallest absolute Gasteiger partial charge is 0.407 e. The Balaban J connectivity index is 1.32. The van der Waals surface area contributed by atoms with Crippen LogP contribution < -0.4 is 19.9 Å². The first kappa shape index (κ1) is 32.3. The second kappa shape index (κ2) is 14.8. The van der Waals surface area contributed by atoms with Gasteiger partial charge in [0.05, 0.1) is 7.11 Å². The van der Waals surface area contributed by atoms with Crippen LogP contribution in [0.4, 0.5) is 16.4 Å². The van der Waals surface area contributed by atoms with Crippen LogP contribution in [0.5, 0.6) is 5.75 Å². The number of hydrogen-bond donors (Lipinski definition) is 1. The van der Waals surface area contributed by atoms with E-state index in [9.17, 15) is 9.59 Å². The van der Waals surface area contributed by atoms with Crippen LogP contribution in [-0.2, 0) is 9.53 Å². The van der Waals surface area contributed by atoms with E-state index in [1.54, 1.807) is 20.4 Å². The number of hydrogen-bond acceptors (Lipinski definition) is 7. The van der Waals surface area contributed by atoms with Crippen molar-refractivity contribution in [2.45, 2.75) is 70.3 Å². The summed E-state index contributed by atoms with van der Waals surface area (Å²) >= 11 is 0. The van der Waals surface area contributed by atoms with Crippen molar-refractivity contribution in [2.75, 3.05) is 44.6 Å². The van der Waals surface area contributed by atoms with Crippen LogP contribution >= 0.6 is 0 Å². The van der Waals surface area contributed by atoms with E-state index < -0.39 is 6.09 Å². The Hall–Kier alpha value is -4.14. The summed E-state index contributed by atoms with van der Waals surface area (Å²) in [7, 11) is 7.22. The molecule has 2 aliphatic carbocycles. The highest BCUT2D eigenvalue weighted by molar-refractivity contribution is 5.94. The van der Waals surface area contributed by atoms with E-state index in [2.05, 4.69) is 41.5 Å². The van der Waals surface area contributed by atoms with Crippen LogP contribution in [-0.4, -0.2) is 62.9 Å². The zero-order valence-electron chi connectivity index (χ0n) is 27.3. The van der Waals surface area contributed by atoms with Crippen LogP contribution in [0.1, 0.15) is 68.4 Å². The topological polar surface area (TPSA) is 96.9 Å². The molecule has 3 aromatic rings. The summed E-state index contributed by atoms with van der Waals surface area (Å²) in [5.41, 5.74) is 4.51. The van der Waals surface area contributed by atoms with Crippen molar-refractivity contribution in [1.29, 1.82) is 0 Å². The minimum atomic E-state index is -0.416. The van der Waals surface area contributed by atoms with Crippen molar-refractivity contribution < 1.29 is 19.1 Å². The minimum Gasteiger partial charge on any atom is -0.496 e. The summed E-state index contributed by atoms with van der Waals surface area (Å²) in [5, 5.41) is 2.52. The average Bonchev–Trinajstić information content (AvgIpc) is 3.07. The molecule has 2 amide bonds. The number of carbonyl (C=O) groups is 2. The second-order valence-corrected chi connectivity index (χ2v) is 12.7. The monoisotopic (exact) mass is 613 g/mol. The Morgan fingerprint density at radius 2 is 1.64 bits per heavy atom. The zero-order chi connectivity index (χ0) is 31.9. The largest absolute Gasteiger partial charge is 0.496 e. The number of carbonyl (C=O) groups excluding carboxylic acids is 2. The Morgan fingerprint density at radius 1 is 0.889 bits per heavy atom. The van der Waals surface area contributed by atoms with E-state index in [-0.39, 0.29) is 17.9 Å². The molecule has 9 nitrogen and oxygen atoms in total. The standard InChI is InChI=1S/C36H47N5O4/c1-24-20-28(12-16-32(24)44-5)26-8-6-25(7-9-26)23-41(35(42)27-10-14-31(15-11-27)45-36(43)37-2)34-21-29(18-19-38-34)30-13-17-33(39-22-30)40(3)4/h12-13,16-22,25-27,31H,6-11,14-15,23H2,1-5H3,(H,37,43)/t25-,26-,27-,31-. The van der Waals surface area contributed by atoms with Gasteiger partial charge in [-0.15, -0.1) is 0 Å². The van der Waals surface area contributed by atoms with Crippen LogP contribution in [0.15, 0.2) is 54.9 Å². The highest BCUT2D eigenvalue weighted by Gasteiger charge is 2.34. The fraction of sp³-hybridized carbons (Fsp3) is 0.500. The van der Waals surface area contributed by atoms with Crippen LogP contribution in [0.25, 0.3) is 11.1 Å². The molecule has 0 atom stereocenters. The first-order chi connectivity index (χ1) is 21.7. The Morgan fingerprint density at radius 3 is 2.27 bits per heavy atom. The Labute approximate surface area is 267 Å². The number of methoxy groups -OCH3 is 1. The van der Waals surface area contributed by atoms with Gasteiger partial charge in [0, 0.05) is 51.6 Å². The molecule has 2 heterocycles. The number of rotatable bonds is 9. The molecular formula is C36H47N5O4. The molecule has 2 aliphatic rings. The van der Waals surface area contributed by atoms with Gasteiger partial charge in [-0.05, 0) is 117 Å². The molecule has 5 rings (SSSR count). The van der Waals surface area contributed by atoms with Gasteiger partial charge in [-0.3, -0.25) is 9.69 Å². The third-order valence-electron chi connectivity index (χ3n) is 9.51. The molecule has 1 aromatic carbocycles. The number of nitrogens with zero attached hydrogens (tertiary/aromatic N) is 4. The Kier molecular flexibility index (Phi) is 10.6. The quantitative estimate of drug-likeness (QED) is 0.285. The van der Waals surface area contributed by atoms with Crippen LogP contribution in [0.2, 0.25) is 0 Å². The van der Waals surface area contributed by atoms with Gasteiger partial charge >= 0.3 is 6.09 Å². The summed E-state index contributed by atoms with van der Waals surface area (Å²) in [6.07, 6.45) is 10.1. The lowest BCUT2D eigenvalue weighted by molar-refractivity contribution is -0.124. The number of ether oxygens (including phenoxy) is 2. The van der Waals surface area contributed by atoms with Gasteiger partial charge in [0.25, 0.3) is 0 Å². The molecular weight excluding hydrogens is 566 g/mol. The maximum Gasteiger partial charge on any atom is 0.407 e. The molecule has 0 saturated heterocycles. The fourth-order valence-electron chi connectivity index (χ4n) is 6.81. The van der Waals surface area contributed by atoms with Gasteiger partial charge in [-0.2, -0.15) is 0 Å². The van der Waals surface area contributed by atoms with Crippen molar-refractivity contribution >= 4 is 23.6 Å². The van der Waals surface area contributed by atoms with Crippen molar-refractivity contribution in [3.05, 3.63) is 66.0 Å². The van der Waals surface area contributed by atoms with Crippen molar-refractivity contribution in [1.82, 2.24) is 15.3 Å². The molecule has 0 bridgehead atoms. The third kappa shape index (κ3) is 7.93. The number of pyridine rings is 2. The molecule has 2 saturated carbocycles. The number of amides is 2. The van der Waals surface area contributed by atoms with Gasteiger partial charge in [0.15, 0.2) is 0 Å². The van der Waals surface area contributed by atoms with Crippen molar-refractivity contribution in [3.8, 4) is 16.9 Å². The van der Waals surface area contributed by atoms with E-state index in [1.165, 1.54) is 11.1 Å². The number of alkyl carbamates (subject to hydrolysis) is 1. The molecule has 9 heteroatoms. The summed E-state index contributed by atoms with van der Waals surface area (Å²) < 4.78 is 11.0. The van der Waals surface area contributed by atoms with Gasteiger partial charge in [0.2, 0.25) is 5.91 Å². The lowest BCUT2D eigenvalue weighted by Gasteiger charge is -2.35. The molecule has 0 spiro atoms. The number of aromatic nitrogens is 2. The zero-order valence-corrected chi connectivity index (χ0v) is 27.3. The normalized spacial score (nSPS) is 21.4. The molecule has 45 heavy (non-hydrogen) atoms. The third-order valence-corrected chi connectivity index (χ3v) is 9.51. The summed E-state index contributed by atoms with van der Waals surface area (Å²) in [5.74, 6) is 3.40.